The molecule has 8 heteroatoms. The summed E-state index contributed by atoms with van der Waals surface area (Å²) in [5.41, 5.74) is 0. The van der Waals surface area contributed by atoms with Crippen LogP contribution in [0.3, 0.4) is 0 Å². The van der Waals surface area contributed by atoms with E-state index >= 15 is 0 Å². The van der Waals surface area contributed by atoms with Gasteiger partial charge in [-0.25, -0.2) is 23.1 Å². The fraction of sp³-hybridized carbons (Fsp3) is 0.600. The largest absolute Gasteiger partial charge is 0.383 e. The molecule has 0 amide bonds. The highest BCUT2D eigenvalue weighted by atomic mass is 35.5. The van der Waals surface area contributed by atoms with Crippen LogP contribution < -0.4 is 4.72 Å². The molecule has 18 heavy (non-hydrogen) atoms. The van der Waals surface area contributed by atoms with Crippen LogP contribution in [0.4, 0.5) is 0 Å². The normalized spacial score (nSPS) is 13.5. The summed E-state index contributed by atoms with van der Waals surface area (Å²) >= 11 is 5.51. The summed E-state index contributed by atoms with van der Waals surface area (Å²) in [6.07, 6.45) is 3.90. The van der Waals surface area contributed by atoms with Gasteiger partial charge in [0.25, 0.3) is 0 Å². The van der Waals surface area contributed by atoms with Crippen LogP contribution in [-0.2, 0) is 14.8 Å². The number of rotatable bonds is 7. The number of aromatic nitrogens is 2. The predicted octanol–water partition coefficient (Wildman–Crippen LogP) is 1.22. The molecule has 0 aliphatic heterocycles. The van der Waals surface area contributed by atoms with Crippen molar-refractivity contribution >= 4 is 21.6 Å². The van der Waals surface area contributed by atoms with Crippen molar-refractivity contribution in [1.82, 2.24) is 14.7 Å². The zero-order valence-corrected chi connectivity index (χ0v) is 11.8. The first-order chi connectivity index (χ1) is 8.49. The fourth-order valence-corrected chi connectivity index (χ4v) is 2.69. The maximum absolute atomic E-state index is 12.0. The average molecular weight is 294 g/mol. The van der Waals surface area contributed by atoms with E-state index in [4.69, 9.17) is 16.3 Å². The van der Waals surface area contributed by atoms with Crippen LogP contribution in [-0.4, -0.2) is 38.1 Å². The molecule has 0 radical (unpaired) electrons. The molecule has 1 aromatic heterocycles. The molecule has 0 saturated carbocycles. The number of hydrogen-bond donors (Lipinski definition) is 1. The monoisotopic (exact) mass is 293 g/mol. The van der Waals surface area contributed by atoms with E-state index in [2.05, 4.69) is 14.7 Å². The summed E-state index contributed by atoms with van der Waals surface area (Å²) in [4.78, 5) is 7.29. The Morgan fingerprint density at radius 2 is 2.06 bits per heavy atom. The van der Waals surface area contributed by atoms with Crippen LogP contribution >= 0.6 is 11.6 Å². The maximum atomic E-state index is 12.0. The van der Waals surface area contributed by atoms with E-state index in [0.29, 0.717) is 13.0 Å². The molecular weight excluding hydrogens is 278 g/mol. The van der Waals surface area contributed by atoms with Gasteiger partial charge < -0.3 is 4.74 Å². The van der Waals surface area contributed by atoms with E-state index in [1.165, 1.54) is 19.5 Å². The minimum absolute atomic E-state index is 0.0101. The van der Waals surface area contributed by atoms with Crippen molar-refractivity contribution < 1.29 is 13.2 Å². The summed E-state index contributed by atoms with van der Waals surface area (Å²) in [5.74, 6) is 0. The third-order valence-electron chi connectivity index (χ3n) is 2.23. The second-order valence-electron chi connectivity index (χ2n) is 3.75. The van der Waals surface area contributed by atoms with Gasteiger partial charge in [0.05, 0.1) is 19.0 Å². The molecule has 0 saturated heterocycles. The Kier molecular flexibility index (Phi) is 5.94. The lowest BCUT2D eigenvalue weighted by atomic mass is 10.2. The van der Waals surface area contributed by atoms with Crippen LogP contribution in [0, 0.1) is 0 Å². The molecule has 1 aromatic rings. The lowest BCUT2D eigenvalue weighted by Crippen LogP contribution is -2.38. The Morgan fingerprint density at radius 3 is 2.56 bits per heavy atom. The number of sulfonamides is 1. The van der Waals surface area contributed by atoms with E-state index in [0.717, 1.165) is 6.42 Å². The molecule has 0 fully saturated rings. The highest BCUT2D eigenvalue weighted by Gasteiger charge is 2.20. The molecule has 0 aromatic carbocycles. The van der Waals surface area contributed by atoms with E-state index in [1.54, 1.807) is 0 Å². The first-order valence-electron chi connectivity index (χ1n) is 5.48. The number of hydrogen-bond acceptors (Lipinski definition) is 5. The van der Waals surface area contributed by atoms with Crippen molar-refractivity contribution in [3.05, 3.63) is 17.7 Å². The molecule has 0 aliphatic carbocycles. The van der Waals surface area contributed by atoms with Crippen molar-refractivity contribution in [2.75, 3.05) is 13.7 Å². The van der Waals surface area contributed by atoms with Crippen molar-refractivity contribution in [2.45, 2.75) is 30.7 Å². The summed E-state index contributed by atoms with van der Waals surface area (Å²) < 4.78 is 31.6. The summed E-state index contributed by atoms with van der Waals surface area (Å²) in [6.45, 7) is 2.30. The zero-order valence-electron chi connectivity index (χ0n) is 10.3. The van der Waals surface area contributed by atoms with Gasteiger partial charge in [-0.05, 0) is 18.0 Å². The summed E-state index contributed by atoms with van der Waals surface area (Å²) in [5, 5.41) is 0.0101. The third-order valence-corrected chi connectivity index (χ3v) is 3.90. The van der Waals surface area contributed by atoms with Gasteiger partial charge in [-0.1, -0.05) is 13.3 Å². The van der Waals surface area contributed by atoms with Gasteiger partial charge in [-0.3, -0.25) is 0 Å². The summed E-state index contributed by atoms with van der Waals surface area (Å²) in [7, 11) is -2.10. The number of nitrogens with zero attached hydrogens (tertiary/aromatic N) is 2. The molecule has 1 N–H and O–H groups in total. The van der Waals surface area contributed by atoms with Crippen LogP contribution in [0.1, 0.15) is 19.8 Å². The second kappa shape index (κ2) is 6.98. The topological polar surface area (TPSA) is 81.2 Å². The van der Waals surface area contributed by atoms with E-state index < -0.39 is 10.0 Å². The van der Waals surface area contributed by atoms with E-state index in [-0.39, 0.29) is 16.2 Å². The predicted molar refractivity (Wildman–Crippen MR) is 67.9 cm³/mol. The van der Waals surface area contributed by atoms with Gasteiger partial charge in [0.2, 0.25) is 15.3 Å². The fourth-order valence-electron chi connectivity index (χ4n) is 1.45. The SMILES string of the molecule is CCCC(COC)NS(=O)(=O)c1cnc(Cl)nc1. The number of nitrogens with one attached hydrogen (secondary N) is 1. The quantitative estimate of drug-likeness (QED) is 0.765. The lowest BCUT2D eigenvalue weighted by Gasteiger charge is -2.16. The molecule has 1 rings (SSSR count). The summed E-state index contributed by atoms with van der Waals surface area (Å²) in [6, 6.07) is -0.263. The molecule has 1 heterocycles. The molecular formula is C10H16ClN3O3S. The zero-order chi connectivity index (χ0) is 13.6. The Hall–Kier alpha value is -0.760. The maximum Gasteiger partial charge on any atom is 0.243 e. The number of halogens is 1. The van der Waals surface area contributed by atoms with Gasteiger partial charge in [-0.15, -0.1) is 0 Å². The van der Waals surface area contributed by atoms with Gasteiger partial charge in [0.1, 0.15) is 4.90 Å². The van der Waals surface area contributed by atoms with Crippen LogP contribution in [0.25, 0.3) is 0 Å². The first kappa shape index (κ1) is 15.3. The Bertz CT molecular complexity index is 458. The number of methoxy groups -OCH3 is 1. The van der Waals surface area contributed by atoms with Gasteiger partial charge >= 0.3 is 0 Å². The van der Waals surface area contributed by atoms with Crippen molar-refractivity contribution in [3.8, 4) is 0 Å². The minimum Gasteiger partial charge on any atom is -0.383 e. The first-order valence-corrected chi connectivity index (χ1v) is 7.34. The van der Waals surface area contributed by atoms with Crippen LogP contribution in [0.15, 0.2) is 17.3 Å². The number of ether oxygens (including phenoxy) is 1. The molecule has 0 bridgehead atoms. The Balaban J connectivity index is 2.82. The highest BCUT2D eigenvalue weighted by Crippen LogP contribution is 2.10. The van der Waals surface area contributed by atoms with E-state index in [1.807, 2.05) is 6.92 Å². The molecule has 0 spiro atoms. The van der Waals surface area contributed by atoms with Crippen molar-refractivity contribution in [3.63, 3.8) is 0 Å². The average Bonchev–Trinajstić information content (AvgIpc) is 2.29. The van der Waals surface area contributed by atoms with Crippen LogP contribution in [0.2, 0.25) is 5.28 Å². The van der Waals surface area contributed by atoms with Crippen molar-refractivity contribution in [1.29, 1.82) is 0 Å². The molecule has 6 nitrogen and oxygen atoms in total. The second-order valence-corrected chi connectivity index (χ2v) is 5.80. The molecule has 102 valence electrons. The smallest absolute Gasteiger partial charge is 0.243 e. The standard InChI is InChI=1S/C10H16ClN3O3S/c1-3-4-8(7-17-2)14-18(15,16)9-5-12-10(11)13-6-9/h5-6,8,14H,3-4,7H2,1-2H3. The third kappa shape index (κ3) is 4.49. The molecule has 1 unspecified atom stereocenters. The van der Waals surface area contributed by atoms with Crippen LogP contribution in [0.5, 0.6) is 0 Å². The minimum atomic E-state index is -3.63. The molecule has 0 aliphatic rings. The van der Waals surface area contributed by atoms with E-state index in [9.17, 15) is 8.42 Å². The molecule has 1 atom stereocenters. The van der Waals surface area contributed by atoms with Gasteiger partial charge in [0.15, 0.2) is 0 Å². The van der Waals surface area contributed by atoms with Gasteiger partial charge in [0, 0.05) is 13.2 Å². The van der Waals surface area contributed by atoms with Crippen molar-refractivity contribution in [2.24, 2.45) is 0 Å². The van der Waals surface area contributed by atoms with Gasteiger partial charge in [-0.2, -0.15) is 0 Å². The highest BCUT2D eigenvalue weighted by molar-refractivity contribution is 7.89. The lowest BCUT2D eigenvalue weighted by molar-refractivity contribution is 0.171. The Morgan fingerprint density at radius 1 is 1.44 bits per heavy atom. The Labute approximate surface area is 112 Å².